The van der Waals surface area contributed by atoms with Crippen molar-refractivity contribution in [2.24, 2.45) is 0 Å². The van der Waals surface area contributed by atoms with E-state index in [1.807, 2.05) is 19.9 Å². The van der Waals surface area contributed by atoms with Gasteiger partial charge in [0.1, 0.15) is 11.6 Å². The van der Waals surface area contributed by atoms with E-state index < -0.39 is 5.54 Å². The number of carbonyl (C=O) groups is 1. The molecule has 17 heavy (non-hydrogen) atoms. The number of halogens is 2. The van der Waals surface area contributed by atoms with Crippen LogP contribution in [-0.4, -0.2) is 18.9 Å². The molecule has 0 bridgehead atoms. The molecule has 0 heterocycles. The van der Waals surface area contributed by atoms with E-state index >= 15 is 0 Å². The third kappa shape index (κ3) is 3.51. The van der Waals surface area contributed by atoms with E-state index in [2.05, 4.69) is 5.32 Å². The Morgan fingerprint density at radius 3 is 2.59 bits per heavy atom. The molecule has 5 heteroatoms. The van der Waals surface area contributed by atoms with Crippen molar-refractivity contribution in [1.82, 2.24) is 5.32 Å². The Hall–Kier alpha value is -0.930. The lowest BCUT2D eigenvalue weighted by atomic mass is 9.94. The molecule has 94 valence electrons. The Balaban J connectivity index is 2.98. The zero-order valence-electron chi connectivity index (χ0n) is 10.0. The summed E-state index contributed by atoms with van der Waals surface area (Å²) in [5.74, 6) is 0.325. The highest BCUT2D eigenvalue weighted by Crippen LogP contribution is 2.29. The summed E-state index contributed by atoms with van der Waals surface area (Å²) in [7, 11) is 1.56. The number of benzene rings is 1. The van der Waals surface area contributed by atoms with E-state index in [-0.39, 0.29) is 11.8 Å². The molecule has 1 N–H and O–H groups in total. The molecule has 3 nitrogen and oxygen atoms in total. The van der Waals surface area contributed by atoms with Gasteiger partial charge >= 0.3 is 0 Å². The monoisotopic (exact) mass is 275 g/mol. The third-order valence-electron chi connectivity index (χ3n) is 2.45. The summed E-state index contributed by atoms with van der Waals surface area (Å²) in [6, 6.07) is 5.40. The Morgan fingerprint density at radius 2 is 2.12 bits per heavy atom. The maximum absolute atomic E-state index is 11.3. The first-order chi connectivity index (χ1) is 7.90. The van der Waals surface area contributed by atoms with E-state index in [0.29, 0.717) is 10.8 Å². The van der Waals surface area contributed by atoms with Gasteiger partial charge in [-0.2, -0.15) is 0 Å². The highest BCUT2D eigenvalue weighted by atomic mass is 35.5. The maximum Gasteiger partial charge on any atom is 0.235 e. The van der Waals surface area contributed by atoms with Crippen LogP contribution in [0.15, 0.2) is 18.2 Å². The average Bonchev–Trinajstić information content (AvgIpc) is 2.28. The highest BCUT2D eigenvalue weighted by Gasteiger charge is 2.23. The molecule has 0 fully saturated rings. The maximum atomic E-state index is 11.3. The summed E-state index contributed by atoms with van der Waals surface area (Å²) in [6.07, 6.45) is 0. The van der Waals surface area contributed by atoms with Crippen molar-refractivity contribution < 1.29 is 9.53 Å². The molecular weight excluding hydrogens is 261 g/mol. The standard InChI is InChI=1S/C12H15Cl2NO2/c1-12(2,15-11(16)7-13)8-4-5-10(17-3)9(14)6-8/h4-6H,7H2,1-3H3,(H,15,16). The molecule has 0 spiro atoms. The molecule has 1 aromatic carbocycles. The number of ether oxygens (including phenoxy) is 1. The molecule has 1 aromatic rings. The Bertz CT molecular complexity index is 419. The SMILES string of the molecule is COc1ccc(C(C)(C)NC(=O)CCl)cc1Cl. The second-order valence-corrected chi connectivity index (χ2v) is 4.83. The predicted molar refractivity (Wildman–Crippen MR) is 69.9 cm³/mol. The number of alkyl halides is 1. The van der Waals surface area contributed by atoms with Gasteiger partial charge in [-0.1, -0.05) is 17.7 Å². The van der Waals surface area contributed by atoms with Crippen molar-refractivity contribution in [1.29, 1.82) is 0 Å². The zero-order chi connectivity index (χ0) is 13.1. The van der Waals surface area contributed by atoms with Gasteiger partial charge in [-0.15, -0.1) is 11.6 Å². The minimum atomic E-state index is -0.526. The molecule has 0 aromatic heterocycles. The minimum absolute atomic E-state index is 0.0622. The molecule has 1 rings (SSSR count). The van der Waals surface area contributed by atoms with Crippen molar-refractivity contribution in [3.8, 4) is 5.75 Å². The van der Waals surface area contributed by atoms with Crippen LogP contribution in [0, 0.1) is 0 Å². The Kier molecular flexibility index (Phi) is 4.66. The molecule has 0 saturated heterocycles. The van der Waals surface area contributed by atoms with Crippen LogP contribution in [0.3, 0.4) is 0 Å². The van der Waals surface area contributed by atoms with Crippen LogP contribution in [0.5, 0.6) is 5.75 Å². The topological polar surface area (TPSA) is 38.3 Å². The summed E-state index contributed by atoms with van der Waals surface area (Å²) >= 11 is 11.5. The van der Waals surface area contributed by atoms with Crippen LogP contribution in [0.4, 0.5) is 0 Å². The van der Waals surface area contributed by atoms with Crippen molar-refractivity contribution in [3.63, 3.8) is 0 Å². The molecule has 0 radical (unpaired) electrons. The van der Waals surface area contributed by atoms with Crippen molar-refractivity contribution in [3.05, 3.63) is 28.8 Å². The van der Waals surface area contributed by atoms with Crippen molar-refractivity contribution >= 4 is 29.1 Å². The summed E-state index contributed by atoms with van der Waals surface area (Å²) < 4.78 is 5.07. The van der Waals surface area contributed by atoms with Crippen LogP contribution in [-0.2, 0) is 10.3 Å². The quantitative estimate of drug-likeness (QED) is 0.859. The number of methoxy groups -OCH3 is 1. The van der Waals surface area contributed by atoms with Gasteiger partial charge in [0.15, 0.2) is 0 Å². The second-order valence-electron chi connectivity index (χ2n) is 4.16. The van der Waals surface area contributed by atoms with Gasteiger partial charge in [-0.3, -0.25) is 4.79 Å². The number of rotatable bonds is 4. The van der Waals surface area contributed by atoms with Crippen LogP contribution in [0.1, 0.15) is 19.4 Å². The van der Waals surface area contributed by atoms with Crippen molar-refractivity contribution in [2.75, 3.05) is 13.0 Å². The Labute approximate surface area is 111 Å². The van der Waals surface area contributed by atoms with E-state index in [4.69, 9.17) is 27.9 Å². The highest BCUT2D eigenvalue weighted by molar-refractivity contribution is 6.32. The van der Waals surface area contributed by atoms with Gasteiger partial charge in [0, 0.05) is 0 Å². The first-order valence-electron chi connectivity index (χ1n) is 5.11. The first-order valence-corrected chi connectivity index (χ1v) is 6.03. The van der Waals surface area contributed by atoms with E-state index in [1.54, 1.807) is 19.2 Å². The fourth-order valence-electron chi connectivity index (χ4n) is 1.51. The number of hydrogen-bond acceptors (Lipinski definition) is 2. The summed E-state index contributed by atoms with van der Waals surface area (Å²) in [5.41, 5.74) is 0.365. The summed E-state index contributed by atoms with van der Waals surface area (Å²) in [5, 5.41) is 3.33. The number of hydrogen-bond donors (Lipinski definition) is 1. The number of nitrogens with one attached hydrogen (secondary N) is 1. The second kappa shape index (κ2) is 5.61. The van der Waals surface area contributed by atoms with Crippen LogP contribution < -0.4 is 10.1 Å². The third-order valence-corrected chi connectivity index (χ3v) is 2.98. The fraction of sp³-hybridized carbons (Fsp3) is 0.417. The smallest absolute Gasteiger partial charge is 0.235 e. The van der Waals surface area contributed by atoms with Crippen LogP contribution in [0.2, 0.25) is 5.02 Å². The van der Waals surface area contributed by atoms with Gasteiger partial charge in [0.05, 0.1) is 17.7 Å². The number of carbonyl (C=O) groups excluding carboxylic acids is 1. The lowest BCUT2D eigenvalue weighted by Crippen LogP contribution is -2.41. The molecule has 0 unspecified atom stereocenters. The minimum Gasteiger partial charge on any atom is -0.495 e. The summed E-state index contributed by atoms with van der Waals surface area (Å²) in [6.45, 7) is 3.77. The van der Waals surface area contributed by atoms with E-state index in [1.165, 1.54) is 0 Å². The largest absolute Gasteiger partial charge is 0.495 e. The fourth-order valence-corrected chi connectivity index (χ4v) is 1.83. The van der Waals surface area contributed by atoms with Gasteiger partial charge < -0.3 is 10.1 Å². The zero-order valence-corrected chi connectivity index (χ0v) is 11.5. The van der Waals surface area contributed by atoms with E-state index in [0.717, 1.165) is 5.56 Å². The lowest BCUT2D eigenvalue weighted by molar-refractivity contribution is -0.120. The van der Waals surface area contributed by atoms with Crippen LogP contribution in [0.25, 0.3) is 0 Å². The average molecular weight is 276 g/mol. The van der Waals surface area contributed by atoms with E-state index in [9.17, 15) is 4.79 Å². The van der Waals surface area contributed by atoms with Gasteiger partial charge in [-0.05, 0) is 31.5 Å². The first kappa shape index (κ1) is 14.1. The molecule has 0 saturated carbocycles. The van der Waals surface area contributed by atoms with Crippen molar-refractivity contribution in [2.45, 2.75) is 19.4 Å². The number of amides is 1. The van der Waals surface area contributed by atoms with Crippen LogP contribution >= 0.6 is 23.2 Å². The molecule has 1 amide bonds. The van der Waals surface area contributed by atoms with Gasteiger partial charge in [0.2, 0.25) is 5.91 Å². The molecule has 0 aliphatic rings. The molecule has 0 atom stereocenters. The normalized spacial score (nSPS) is 11.1. The van der Waals surface area contributed by atoms with Gasteiger partial charge in [-0.25, -0.2) is 0 Å². The summed E-state index contributed by atoms with van der Waals surface area (Å²) in [4.78, 5) is 11.3. The molecule has 0 aliphatic heterocycles. The molecular formula is C12H15Cl2NO2. The Morgan fingerprint density at radius 1 is 1.47 bits per heavy atom. The van der Waals surface area contributed by atoms with Gasteiger partial charge in [0.25, 0.3) is 0 Å². The lowest BCUT2D eigenvalue weighted by Gasteiger charge is -2.27. The predicted octanol–water partition coefficient (Wildman–Crippen LogP) is 2.94. The molecule has 0 aliphatic carbocycles.